The maximum absolute atomic E-state index is 12.0. The summed E-state index contributed by atoms with van der Waals surface area (Å²) in [6.45, 7) is 2.15. The van der Waals surface area contributed by atoms with Crippen LogP contribution in [0.5, 0.6) is 17.2 Å². The van der Waals surface area contributed by atoms with Gasteiger partial charge in [0, 0.05) is 17.6 Å². The van der Waals surface area contributed by atoms with Crippen LogP contribution >= 0.6 is 27.5 Å². The Morgan fingerprint density at radius 3 is 2.44 bits per heavy atom. The van der Waals surface area contributed by atoms with Gasteiger partial charge in [0.1, 0.15) is 5.75 Å². The molecule has 0 unspecified atom stereocenters. The Morgan fingerprint density at radius 1 is 1.12 bits per heavy atom. The minimum Gasteiger partial charge on any atom is -0.493 e. The van der Waals surface area contributed by atoms with E-state index in [1.807, 2.05) is 25.1 Å². The van der Waals surface area contributed by atoms with Gasteiger partial charge in [0.25, 0.3) is 5.91 Å². The molecule has 134 valence electrons. The average Bonchev–Trinajstić information content (AvgIpc) is 2.59. The second-order valence-corrected chi connectivity index (χ2v) is 6.56. The molecule has 2 rings (SSSR count). The molecule has 0 fully saturated rings. The molecule has 0 aliphatic carbocycles. The number of aryl methyl sites for hydroxylation is 1. The Labute approximate surface area is 160 Å². The molecule has 0 aliphatic heterocycles. The van der Waals surface area contributed by atoms with Crippen LogP contribution in [0.25, 0.3) is 0 Å². The van der Waals surface area contributed by atoms with Gasteiger partial charge in [-0.2, -0.15) is 0 Å². The Bertz CT molecular complexity index is 767. The monoisotopic (exact) mass is 427 g/mol. The number of rotatable bonds is 7. The lowest BCUT2D eigenvalue weighted by atomic mass is 10.2. The molecule has 1 amide bonds. The molecule has 2 aromatic rings. The van der Waals surface area contributed by atoms with E-state index < -0.39 is 0 Å². The maximum Gasteiger partial charge on any atom is 0.258 e. The molecular formula is C18H19BrClNO4. The van der Waals surface area contributed by atoms with Crippen LogP contribution in [0.4, 0.5) is 0 Å². The zero-order chi connectivity index (χ0) is 18.4. The molecule has 0 aliphatic rings. The van der Waals surface area contributed by atoms with E-state index in [9.17, 15) is 4.79 Å². The SMILES string of the molecule is COc1cc(Cl)c(CNC(=O)COc2ccc(C)cc2Br)cc1OC. The second kappa shape index (κ2) is 8.97. The van der Waals surface area contributed by atoms with E-state index in [0.717, 1.165) is 15.6 Å². The number of carbonyl (C=O) groups is 1. The van der Waals surface area contributed by atoms with Gasteiger partial charge in [-0.25, -0.2) is 0 Å². The predicted octanol–water partition coefficient (Wildman–Crippen LogP) is 4.12. The van der Waals surface area contributed by atoms with Crippen LogP contribution in [0, 0.1) is 6.92 Å². The van der Waals surface area contributed by atoms with E-state index in [1.165, 1.54) is 7.11 Å². The van der Waals surface area contributed by atoms with E-state index in [-0.39, 0.29) is 19.1 Å². The third kappa shape index (κ3) is 5.28. The minimum atomic E-state index is -0.252. The standard InChI is InChI=1S/C18H19BrClNO4/c1-11-4-5-15(13(19)6-11)25-10-18(22)21-9-12-7-16(23-2)17(24-3)8-14(12)20/h4-8H,9-10H2,1-3H3,(H,21,22). The van der Waals surface area contributed by atoms with Crippen molar-refractivity contribution in [2.75, 3.05) is 20.8 Å². The van der Waals surface area contributed by atoms with Crippen molar-refractivity contribution in [1.82, 2.24) is 5.32 Å². The van der Waals surface area contributed by atoms with Crippen molar-refractivity contribution in [3.05, 3.63) is 51.0 Å². The Balaban J connectivity index is 1.93. The van der Waals surface area contributed by atoms with Gasteiger partial charge in [-0.05, 0) is 52.2 Å². The van der Waals surface area contributed by atoms with E-state index in [0.29, 0.717) is 22.3 Å². The molecule has 0 spiro atoms. The normalized spacial score (nSPS) is 10.3. The molecule has 0 atom stereocenters. The van der Waals surface area contributed by atoms with Gasteiger partial charge in [0.2, 0.25) is 0 Å². The molecule has 0 saturated heterocycles. The highest BCUT2D eigenvalue weighted by molar-refractivity contribution is 9.10. The summed E-state index contributed by atoms with van der Waals surface area (Å²) < 4.78 is 16.7. The van der Waals surface area contributed by atoms with Gasteiger partial charge in [-0.15, -0.1) is 0 Å². The van der Waals surface area contributed by atoms with Crippen molar-refractivity contribution in [3.63, 3.8) is 0 Å². The average molecular weight is 429 g/mol. The van der Waals surface area contributed by atoms with Crippen molar-refractivity contribution in [2.45, 2.75) is 13.5 Å². The summed E-state index contributed by atoms with van der Waals surface area (Å²) >= 11 is 9.62. The van der Waals surface area contributed by atoms with Crippen LogP contribution in [0.2, 0.25) is 5.02 Å². The number of amides is 1. The van der Waals surface area contributed by atoms with Crippen LogP contribution in [-0.4, -0.2) is 26.7 Å². The number of halogens is 2. The molecular weight excluding hydrogens is 410 g/mol. The van der Waals surface area contributed by atoms with E-state index in [2.05, 4.69) is 21.2 Å². The highest BCUT2D eigenvalue weighted by Crippen LogP contribution is 2.33. The molecule has 25 heavy (non-hydrogen) atoms. The zero-order valence-electron chi connectivity index (χ0n) is 14.2. The van der Waals surface area contributed by atoms with E-state index in [4.69, 9.17) is 25.8 Å². The summed E-state index contributed by atoms with van der Waals surface area (Å²) in [4.78, 5) is 12.0. The van der Waals surface area contributed by atoms with Crippen molar-refractivity contribution in [3.8, 4) is 17.2 Å². The second-order valence-electron chi connectivity index (χ2n) is 5.30. The first kappa shape index (κ1) is 19.4. The number of benzene rings is 2. The van der Waals surface area contributed by atoms with Gasteiger partial charge in [-0.3, -0.25) is 4.79 Å². The summed E-state index contributed by atoms with van der Waals surface area (Å²) in [5.74, 6) is 1.45. The maximum atomic E-state index is 12.0. The van der Waals surface area contributed by atoms with Gasteiger partial charge in [-0.1, -0.05) is 17.7 Å². The van der Waals surface area contributed by atoms with Gasteiger partial charge < -0.3 is 19.5 Å². The van der Waals surface area contributed by atoms with Crippen LogP contribution in [0.1, 0.15) is 11.1 Å². The van der Waals surface area contributed by atoms with E-state index in [1.54, 1.807) is 19.2 Å². The topological polar surface area (TPSA) is 56.8 Å². The van der Waals surface area contributed by atoms with E-state index >= 15 is 0 Å². The molecule has 2 aromatic carbocycles. The molecule has 0 heterocycles. The number of methoxy groups -OCH3 is 2. The minimum absolute atomic E-state index is 0.0907. The predicted molar refractivity (Wildman–Crippen MR) is 101 cm³/mol. The summed E-state index contributed by atoms with van der Waals surface area (Å²) in [6.07, 6.45) is 0. The highest BCUT2D eigenvalue weighted by atomic mass is 79.9. The lowest BCUT2D eigenvalue weighted by molar-refractivity contribution is -0.123. The highest BCUT2D eigenvalue weighted by Gasteiger charge is 2.11. The van der Waals surface area contributed by atoms with Gasteiger partial charge in [0.05, 0.1) is 18.7 Å². The molecule has 0 aromatic heterocycles. The third-order valence-electron chi connectivity index (χ3n) is 3.47. The van der Waals surface area contributed by atoms with Crippen molar-refractivity contribution < 1.29 is 19.0 Å². The lowest BCUT2D eigenvalue weighted by Gasteiger charge is -2.13. The molecule has 7 heteroatoms. The molecule has 5 nitrogen and oxygen atoms in total. The van der Waals surface area contributed by atoms with Gasteiger partial charge >= 0.3 is 0 Å². The number of hydrogen-bond acceptors (Lipinski definition) is 4. The molecule has 0 saturated carbocycles. The Hall–Kier alpha value is -1.92. The summed E-state index contributed by atoms with van der Waals surface area (Å²) in [5.41, 5.74) is 1.83. The third-order valence-corrected chi connectivity index (χ3v) is 4.45. The smallest absolute Gasteiger partial charge is 0.258 e. The van der Waals surface area contributed by atoms with Crippen LogP contribution in [-0.2, 0) is 11.3 Å². The first-order valence-corrected chi connectivity index (χ1v) is 8.67. The number of hydrogen-bond donors (Lipinski definition) is 1. The first-order chi connectivity index (χ1) is 11.9. The quantitative estimate of drug-likeness (QED) is 0.721. The van der Waals surface area contributed by atoms with Gasteiger partial charge in [0.15, 0.2) is 18.1 Å². The Morgan fingerprint density at radius 2 is 1.80 bits per heavy atom. The number of nitrogens with one attached hydrogen (secondary N) is 1. The summed E-state index contributed by atoms with van der Waals surface area (Å²) in [5, 5.41) is 3.26. The fraction of sp³-hybridized carbons (Fsp3) is 0.278. The molecule has 1 N–H and O–H groups in total. The zero-order valence-corrected chi connectivity index (χ0v) is 16.5. The first-order valence-electron chi connectivity index (χ1n) is 7.50. The summed E-state index contributed by atoms with van der Waals surface area (Å²) in [7, 11) is 3.08. The Kier molecular flexibility index (Phi) is 6.96. The lowest BCUT2D eigenvalue weighted by Crippen LogP contribution is -2.28. The van der Waals surface area contributed by atoms with Crippen molar-refractivity contribution in [2.24, 2.45) is 0 Å². The van der Waals surface area contributed by atoms with Crippen LogP contribution in [0.3, 0.4) is 0 Å². The number of carbonyl (C=O) groups excluding carboxylic acids is 1. The number of ether oxygens (including phenoxy) is 3. The summed E-state index contributed by atoms with van der Waals surface area (Å²) in [6, 6.07) is 9.05. The molecule has 0 bridgehead atoms. The van der Waals surface area contributed by atoms with Crippen LogP contribution < -0.4 is 19.5 Å². The van der Waals surface area contributed by atoms with Crippen molar-refractivity contribution in [1.29, 1.82) is 0 Å². The fourth-order valence-electron chi connectivity index (χ4n) is 2.14. The van der Waals surface area contributed by atoms with Crippen molar-refractivity contribution >= 4 is 33.4 Å². The fourth-order valence-corrected chi connectivity index (χ4v) is 2.97. The largest absolute Gasteiger partial charge is 0.493 e. The van der Waals surface area contributed by atoms with Crippen LogP contribution in [0.15, 0.2) is 34.8 Å². The molecule has 0 radical (unpaired) electrons.